The van der Waals surface area contributed by atoms with E-state index in [1.807, 2.05) is 54.6 Å². The number of aromatic nitrogens is 1. The van der Waals surface area contributed by atoms with Gasteiger partial charge >= 0.3 is 5.97 Å². The van der Waals surface area contributed by atoms with Gasteiger partial charge in [-0.3, -0.25) is 0 Å². The molecule has 236 valence electrons. The van der Waals surface area contributed by atoms with E-state index in [0.717, 1.165) is 16.7 Å². The average molecular weight is 640 g/mol. The maximum absolute atomic E-state index is 12.3. The molecule has 10 nitrogen and oxygen atoms in total. The van der Waals surface area contributed by atoms with Gasteiger partial charge in [0.1, 0.15) is 17.8 Å². The Morgan fingerprint density at radius 3 is 1.91 bits per heavy atom. The maximum atomic E-state index is 12.3. The van der Waals surface area contributed by atoms with Gasteiger partial charge in [-0.25, -0.2) is 9.78 Å². The van der Waals surface area contributed by atoms with Gasteiger partial charge in [-0.1, -0.05) is 108 Å². The lowest BCUT2D eigenvalue weighted by Crippen LogP contribution is -2.38. The number of anilines is 1. The lowest BCUT2D eigenvalue weighted by molar-refractivity contribution is -0.129. The summed E-state index contributed by atoms with van der Waals surface area (Å²) in [6, 6.07) is 35.4. The Hall–Kier alpha value is -5.23. The minimum Gasteiger partial charge on any atom is -0.476 e. The first-order valence-electron chi connectivity index (χ1n) is 14.3. The maximum Gasteiger partial charge on any atom is 0.360 e. The third-order valence-electron chi connectivity index (χ3n) is 6.95. The van der Waals surface area contributed by atoms with Gasteiger partial charge in [0, 0.05) is 25.2 Å². The molecule has 0 bridgehead atoms. The van der Waals surface area contributed by atoms with Crippen LogP contribution in [0.15, 0.2) is 120 Å². The number of ether oxygens (including phenoxy) is 4. The Balaban J connectivity index is 1.46. The zero-order chi connectivity index (χ0) is 32.2. The van der Waals surface area contributed by atoms with Crippen LogP contribution in [0.5, 0.6) is 11.5 Å². The van der Waals surface area contributed by atoms with Crippen molar-refractivity contribution >= 4 is 28.1 Å². The number of hydrogen-bond donors (Lipinski definition) is 2. The number of nitrogens with one attached hydrogen (secondary N) is 1. The number of carboxylic acids is 1. The molecular formula is C35H33N3O7S. The standard InChI is InChI=1S/C35H33N3O7S/c1-41-23-43-30-20-12-13-25(32(30)44-24-42-2)21-45-38-31(33(39)40)29-22-46-34(36-29)37-35(26-14-6-3-7-15-26,27-16-8-4-9-17-27)28-18-10-5-11-19-28/h3-20,22H,21,23-24H2,1-2H3,(H,36,37)(H,39,40)/b38-31-. The zero-order valence-corrected chi connectivity index (χ0v) is 26.1. The third kappa shape index (κ3) is 7.35. The minimum absolute atomic E-state index is 0.00919. The van der Waals surface area contributed by atoms with Gasteiger partial charge in [0.05, 0.1) is 0 Å². The average Bonchev–Trinajstić information content (AvgIpc) is 3.56. The fourth-order valence-electron chi connectivity index (χ4n) is 4.94. The van der Waals surface area contributed by atoms with E-state index in [2.05, 4.69) is 51.9 Å². The van der Waals surface area contributed by atoms with Crippen LogP contribution in [0.3, 0.4) is 0 Å². The highest BCUT2D eigenvalue weighted by Crippen LogP contribution is 2.40. The predicted molar refractivity (Wildman–Crippen MR) is 175 cm³/mol. The number of thiazole rings is 1. The molecule has 1 aromatic heterocycles. The van der Waals surface area contributed by atoms with Gasteiger partial charge in [-0.2, -0.15) is 0 Å². The van der Waals surface area contributed by atoms with Crippen molar-refractivity contribution in [1.82, 2.24) is 4.98 Å². The highest BCUT2D eigenvalue weighted by molar-refractivity contribution is 7.14. The van der Waals surface area contributed by atoms with Crippen molar-refractivity contribution in [1.29, 1.82) is 0 Å². The Labute approximate surface area is 270 Å². The van der Waals surface area contributed by atoms with Crippen LogP contribution in [0.4, 0.5) is 5.13 Å². The summed E-state index contributed by atoms with van der Waals surface area (Å²) in [5, 5.41) is 19.8. The van der Waals surface area contributed by atoms with E-state index < -0.39 is 11.5 Å². The molecule has 0 atom stereocenters. The third-order valence-corrected chi connectivity index (χ3v) is 7.71. The summed E-state index contributed by atoms with van der Waals surface area (Å²) < 4.78 is 21.3. The highest BCUT2D eigenvalue weighted by Gasteiger charge is 2.37. The first-order chi connectivity index (χ1) is 22.6. The molecule has 0 saturated carbocycles. The number of benzene rings is 4. The Morgan fingerprint density at radius 1 is 0.804 bits per heavy atom. The van der Waals surface area contributed by atoms with E-state index in [-0.39, 0.29) is 31.6 Å². The number of rotatable bonds is 16. The first kappa shape index (κ1) is 32.2. The Bertz CT molecular complexity index is 1630. The van der Waals surface area contributed by atoms with Crippen LogP contribution in [0.25, 0.3) is 0 Å². The van der Waals surface area contributed by atoms with Gasteiger partial charge in [-0.05, 0) is 22.8 Å². The van der Waals surface area contributed by atoms with Gasteiger partial charge in [0.2, 0.25) is 5.71 Å². The lowest BCUT2D eigenvalue weighted by atomic mass is 9.77. The van der Waals surface area contributed by atoms with Crippen molar-refractivity contribution < 1.29 is 33.7 Å². The number of methoxy groups -OCH3 is 2. The van der Waals surface area contributed by atoms with Crippen LogP contribution >= 0.6 is 11.3 Å². The molecule has 0 saturated heterocycles. The van der Waals surface area contributed by atoms with Crippen LogP contribution in [0, 0.1) is 0 Å². The topological polar surface area (TPSA) is 121 Å². The summed E-state index contributed by atoms with van der Waals surface area (Å²) >= 11 is 1.27. The van der Waals surface area contributed by atoms with Crippen LogP contribution < -0.4 is 14.8 Å². The molecule has 0 aliphatic rings. The minimum atomic E-state index is -1.29. The molecule has 0 fully saturated rings. The van der Waals surface area contributed by atoms with Crippen LogP contribution in [-0.4, -0.2) is 49.6 Å². The van der Waals surface area contributed by atoms with Crippen LogP contribution in [0.2, 0.25) is 0 Å². The number of para-hydroxylation sites is 1. The molecule has 5 aromatic rings. The molecule has 1 heterocycles. The number of oxime groups is 1. The molecule has 0 unspecified atom stereocenters. The Morgan fingerprint density at radius 2 is 1.37 bits per heavy atom. The van der Waals surface area contributed by atoms with Crippen molar-refractivity contribution in [2.45, 2.75) is 12.1 Å². The van der Waals surface area contributed by atoms with Gasteiger partial charge < -0.3 is 34.2 Å². The van der Waals surface area contributed by atoms with Crippen LogP contribution in [0.1, 0.15) is 27.9 Å². The normalized spacial score (nSPS) is 11.6. The molecule has 0 aliphatic carbocycles. The molecule has 0 spiro atoms. The fraction of sp³-hybridized carbons (Fsp3) is 0.171. The molecule has 46 heavy (non-hydrogen) atoms. The molecule has 0 aliphatic heterocycles. The first-order valence-corrected chi connectivity index (χ1v) is 15.1. The summed E-state index contributed by atoms with van der Waals surface area (Å²) in [5.74, 6) is -0.505. The molecular weight excluding hydrogens is 606 g/mol. The van der Waals surface area contributed by atoms with Crippen molar-refractivity contribution in [3.8, 4) is 11.5 Å². The zero-order valence-electron chi connectivity index (χ0n) is 25.3. The smallest absolute Gasteiger partial charge is 0.360 e. The Kier molecular flexibility index (Phi) is 11.0. The SMILES string of the molecule is COCOc1cccc(CO/N=C(\C(=O)O)c2csc(NC(c3ccccc3)(c3ccccc3)c3ccccc3)n2)c1OCOC. The number of nitrogens with zero attached hydrogens (tertiary/aromatic N) is 2. The second-order valence-corrected chi connectivity index (χ2v) is 10.7. The van der Waals surface area contributed by atoms with Gasteiger partial charge in [0.15, 0.2) is 30.2 Å². The number of aliphatic carboxylic acids is 1. The number of carboxylic acid groups (broad SMARTS) is 1. The molecule has 2 N–H and O–H groups in total. The second-order valence-electron chi connectivity index (χ2n) is 9.88. The summed E-state index contributed by atoms with van der Waals surface area (Å²) in [7, 11) is 3.01. The monoisotopic (exact) mass is 639 g/mol. The number of hydrogen-bond acceptors (Lipinski definition) is 10. The van der Waals surface area contributed by atoms with E-state index in [1.54, 1.807) is 23.6 Å². The predicted octanol–water partition coefficient (Wildman–Crippen LogP) is 6.52. The molecule has 11 heteroatoms. The quantitative estimate of drug-likeness (QED) is 0.0538. The largest absolute Gasteiger partial charge is 0.476 e. The number of carbonyl (C=O) groups is 1. The molecule has 0 amide bonds. The molecule has 0 radical (unpaired) electrons. The van der Waals surface area contributed by atoms with Gasteiger partial charge in [0.25, 0.3) is 0 Å². The van der Waals surface area contributed by atoms with Gasteiger partial charge in [-0.15, -0.1) is 11.3 Å². The second kappa shape index (κ2) is 15.7. The van der Waals surface area contributed by atoms with E-state index in [9.17, 15) is 9.90 Å². The highest BCUT2D eigenvalue weighted by atomic mass is 32.1. The molecule has 5 rings (SSSR count). The fourth-order valence-corrected chi connectivity index (χ4v) is 5.69. The lowest BCUT2D eigenvalue weighted by Gasteiger charge is -2.36. The van der Waals surface area contributed by atoms with E-state index >= 15 is 0 Å². The van der Waals surface area contributed by atoms with Crippen molar-refractivity contribution in [2.24, 2.45) is 5.16 Å². The van der Waals surface area contributed by atoms with Crippen LogP contribution in [-0.2, 0) is 31.3 Å². The van der Waals surface area contributed by atoms with E-state index in [1.165, 1.54) is 25.6 Å². The van der Waals surface area contributed by atoms with Crippen molar-refractivity contribution in [3.63, 3.8) is 0 Å². The van der Waals surface area contributed by atoms with Crippen molar-refractivity contribution in [2.75, 3.05) is 33.1 Å². The summed E-state index contributed by atoms with van der Waals surface area (Å²) in [5.41, 5.74) is 2.51. The summed E-state index contributed by atoms with van der Waals surface area (Å²) in [6.07, 6.45) is 0. The summed E-state index contributed by atoms with van der Waals surface area (Å²) in [4.78, 5) is 22.5. The van der Waals surface area contributed by atoms with E-state index in [0.29, 0.717) is 22.2 Å². The van der Waals surface area contributed by atoms with Crippen molar-refractivity contribution in [3.05, 3.63) is 143 Å². The molecule has 4 aromatic carbocycles. The van der Waals surface area contributed by atoms with E-state index in [4.69, 9.17) is 23.8 Å². The summed E-state index contributed by atoms with van der Waals surface area (Å²) in [6.45, 7) is -0.126.